The average molecular weight is 329 g/mol. The molecule has 0 bridgehead atoms. The summed E-state index contributed by atoms with van der Waals surface area (Å²) in [6.45, 7) is 5.25. The first-order chi connectivity index (χ1) is 11.6. The highest BCUT2D eigenvalue weighted by Crippen LogP contribution is 2.10. The summed E-state index contributed by atoms with van der Waals surface area (Å²) in [5.41, 5.74) is 6.80. The van der Waals surface area contributed by atoms with Gasteiger partial charge in [0.25, 0.3) is 0 Å². The van der Waals surface area contributed by atoms with Crippen LogP contribution in [0.25, 0.3) is 0 Å². The zero-order valence-electron chi connectivity index (χ0n) is 13.7. The van der Waals surface area contributed by atoms with Crippen molar-refractivity contribution in [1.82, 2.24) is 15.1 Å². The molecule has 0 spiro atoms. The predicted molar refractivity (Wildman–Crippen MR) is 89.8 cm³/mol. The van der Waals surface area contributed by atoms with Crippen LogP contribution in [0, 0.1) is 11.3 Å². The number of benzene rings is 1. The highest BCUT2D eigenvalue weighted by molar-refractivity contribution is 5.93. The van der Waals surface area contributed by atoms with Crippen molar-refractivity contribution in [1.29, 1.82) is 5.26 Å². The zero-order chi connectivity index (χ0) is 17.4. The summed E-state index contributed by atoms with van der Waals surface area (Å²) >= 11 is 0. The van der Waals surface area contributed by atoms with Crippen LogP contribution in [0.3, 0.4) is 0 Å². The van der Waals surface area contributed by atoms with Gasteiger partial charge in [0.15, 0.2) is 0 Å². The maximum Gasteiger partial charge on any atom is 0.318 e. The molecule has 0 saturated carbocycles. The Bertz CT molecular complexity index is 608. The van der Waals surface area contributed by atoms with E-state index in [9.17, 15) is 9.59 Å². The number of carbonyl (C=O) groups excluding carboxylic acids is 2. The lowest BCUT2D eigenvalue weighted by Crippen LogP contribution is -2.38. The number of hydrogen-bond acceptors (Lipinski definition) is 5. The molecule has 7 heteroatoms. The molecule has 24 heavy (non-hydrogen) atoms. The third-order valence-electron chi connectivity index (χ3n) is 4.09. The van der Waals surface area contributed by atoms with Gasteiger partial charge in [-0.15, -0.1) is 0 Å². The van der Waals surface area contributed by atoms with Crippen molar-refractivity contribution < 1.29 is 9.59 Å². The number of nitriles is 1. The summed E-state index contributed by atoms with van der Waals surface area (Å²) in [5.74, 6) is -0.332. The molecule has 7 nitrogen and oxygen atoms in total. The summed E-state index contributed by atoms with van der Waals surface area (Å²) in [5, 5.41) is 10.9. The van der Waals surface area contributed by atoms with Gasteiger partial charge in [-0.2, -0.15) is 5.26 Å². The van der Waals surface area contributed by atoms with Crippen LogP contribution >= 0.6 is 0 Å². The van der Waals surface area contributed by atoms with Crippen molar-refractivity contribution in [3.8, 4) is 6.07 Å². The van der Waals surface area contributed by atoms with E-state index in [1.165, 1.54) is 5.56 Å². The van der Waals surface area contributed by atoms with Gasteiger partial charge in [-0.1, -0.05) is 12.1 Å². The number of rotatable bonds is 5. The first kappa shape index (κ1) is 17.9. The van der Waals surface area contributed by atoms with Crippen molar-refractivity contribution >= 4 is 11.9 Å². The first-order valence-electron chi connectivity index (χ1n) is 8.10. The first-order valence-corrected chi connectivity index (χ1v) is 8.10. The summed E-state index contributed by atoms with van der Waals surface area (Å²) in [7, 11) is 0. The number of urea groups is 1. The zero-order valence-corrected chi connectivity index (χ0v) is 13.7. The lowest BCUT2D eigenvalue weighted by molar-refractivity contribution is -0.120. The van der Waals surface area contributed by atoms with Gasteiger partial charge in [-0.05, 0) is 37.2 Å². The second-order valence-electron chi connectivity index (χ2n) is 5.94. The number of carbonyl (C=O) groups is 2. The van der Waals surface area contributed by atoms with Gasteiger partial charge in [0.05, 0.1) is 11.6 Å². The molecule has 1 saturated heterocycles. The van der Waals surface area contributed by atoms with Gasteiger partial charge in [0.1, 0.15) is 0 Å². The molecule has 1 aromatic carbocycles. The maximum absolute atomic E-state index is 11.5. The molecule has 1 aliphatic heterocycles. The van der Waals surface area contributed by atoms with Gasteiger partial charge in [-0.25, -0.2) is 4.79 Å². The third kappa shape index (κ3) is 5.99. The van der Waals surface area contributed by atoms with Crippen molar-refractivity contribution in [3.05, 3.63) is 35.4 Å². The topological polar surface area (TPSA) is 102 Å². The van der Waals surface area contributed by atoms with Gasteiger partial charge in [-0.3, -0.25) is 15.0 Å². The van der Waals surface area contributed by atoms with Crippen LogP contribution in [0.2, 0.25) is 0 Å². The highest BCUT2D eigenvalue weighted by atomic mass is 16.2. The van der Waals surface area contributed by atoms with E-state index in [2.05, 4.69) is 21.2 Å². The highest BCUT2D eigenvalue weighted by Gasteiger charge is 2.16. The molecule has 0 radical (unpaired) electrons. The number of primary amides is 1. The van der Waals surface area contributed by atoms with Crippen LogP contribution in [0.15, 0.2) is 24.3 Å². The Kier molecular flexibility index (Phi) is 6.73. The third-order valence-corrected chi connectivity index (χ3v) is 4.09. The molecule has 0 aliphatic carbocycles. The second kappa shape index (κ2) is 9.01. The Morgan fingerprint density at radius 3 is 2.46 bits per heavy atom. The maximum atomic E-state index is 11.5. The van der Waals surface area contributed by atoms with Crippen LogP contribution in [-0.2, 0) is 11.3 Å². The molecule has 1 aliphatic rings. The van der Waals surface area contributed by atoms with E-state index in [1.807, 2.05) is 24.3 Å². The van der Waals surface area contributed by atoms with E-state index >= 15 is 0 Å². The van der Waals surface area contributed by atoms with Crippen LogP contribution in [0.4, 0.5) is 4.79 Å². The fourth-order valence-corrected chi connectivity index (χ4v) is 2.81. The minimum Gasteiger partial charge on any atom is -0.351 e. The van der Waals surface area contributed by atoms with E-state index in [4.69, 9.17) is 11.0 Å². The molecule has 0 atom stereocenters. The standard InChI is InChI=1S/C17H23N5O2/c18-12-14-2-4-15(5-3-14)13-22-8-1-7-21(10-11-22)9-6-16(23)20-17(19)24/h2-5H,1,6-11,13H2,(H3,19,20,23,24). The number of amides is 3. The Morgan fingerprint density at radius 2 is 1.79 bits per heavy atom. The minimum atomic E-state index is -0.801. The number of nitrogens with zero attached hydrogens (tertiary/aromatic N) is 3. The van der Waals surface area contributed by atoms with Crippen LogP contribution < -0.4 is 11.1 Å². The molecular weight excluding hydrogens is 306 g/mol. The minimum absolute atomic E-state index is 0.276. The number of nitrogens with one attached hydrogen (secondary N) is 1. The molecule has 1 heterocycles. The van der Waals surface area contributed by atoms with Gasteiger partial charge in [0.2, 0.25) is 5.91 Å². The number of nitrogens with two attached hydrogens (primary N) is 1. The normalized spacial score (nSPS) is 16.1. The molecule has 2 rings (SSSR count). The van der Waals surface area contributed by atoms with Crippen molar-refractivity contribution in [2.45, 2.75) is 19.4 Å². The largest absolute Gasteiger partial charge is 0.351 e. The Labute approximate surface area is 142 Å². The van der Waals surface area contributed by atoms with Crippen LogP contribution in [-0.4, -0.2) is 54.5 Å². The van der Waals surface area contributed by atoms with Gasteiger partial charge < -0.3 is 10.6 Å². The van der Waals surface area contributed by atoms with Crippen LogP contribution in [0.1, 0.15) is 24.0 Å². The van der Waals surface area contributed by atoms with E-state index in [-0.39, 0.29) is 12.3 Å². The summed E-state index contributed by atoms with van der Waals surface area (Å²) in [6.07, 6.45) is 1.31. The Balaban J connectivity index is 1.76. The predicted octanol–water partition coefficient (Wildman–Crippen LogP) is 0.651. The van der Waals surface area contributed by atoms with E-state index < -0.39 is 6.03 Å². The Morgan fingerprint density at radius 1 is 1.12 bits per heavy atom. The fraction of sp³-hybridized carbons (Fsp3) is 0.471. The van der Waals surface area contributed by atoms with E-state index in [1.54, 1.807) is 0 Å². The summed E-state index contributed by atoms with van der Waals surface area (Å²) in [4.78, 5) is 26.7. The summed E-state index contributed by atoms with van der Waals surface area (Å²) < 4.78 is 0. The number of hydrogen-bond donors (Lipinski definition) is 2. The van der Waals surface area contributed by atoms with Crippen LogP contribution in [0.5, 0.6) is 0 Å². The van der Waals surface area contributed by atoms with Crippen molar-refractivity contribution in [3.63, 3.8) is 0 Å². The van der Waals surface area contributed by atoms with E-state index in [0.29, 0.717) is 12.1 Å². The summed E-state index contributed by atoms with van der Waals surface area (Å²) in [6, 6.07) is 9.00. The molecule has 128 valence electrons. The number of imide groups is 1. The van der Waals surface area contributed by atoms with Crippen molar-refractivity contribution in [2.75, 3.05) is 32.7 Å². The quantitative estimate of drug-likeness (QED) is 0.826. The fourth-order valence-electron chi connectivity index (χ4n) is 2.81. The average Bonchev–Trinajstić information content (AvgIpc) is 2.78. The second-order valence-corrected chi connectivity index (χ2v) is 5.94. The van der Waals surface area contributed by atoms with Gasteiger partial charge >= 0.3 is 6.03 Å². The molecule has 3 N–H and O–H groups in total. The molecule has 1 aromatic rings. The molecule has 1 fully saturated rings. The van der Waals surface area contributed by atoms with Gasteiger partial charge in [0, 0.05) is 32.6 Å². The monoisotopic (exact) mass is 329 g/mol. The molecular formula is C17H23N5O2. The lowest BCUT2D eigenvalue weighted by Gasteiger charge is -2.21. The lowest BCUT2D eigenvalue weighted by atomic mass is 10.1. The van der Waals surface area contributed by atoms with Crippen molar-refractivity contribution in [2.24, 2.45) is 5.73 Å². The molecule has 0 aromatic heterocycles. The SMILES string of the molecule is N#Cc1ccc(CN2CCCN(CCC(=O)NC(N)=O)CC2)cc1. The smallest absolute Gasteiger partial charge is 0.318 e. The molecule has 3 amide bonds. The van der Waals surface area contributed by atoms with E-state index in [0.717, 1.165) is 39.1 Å². The molecule has 0 unspecified atom stereocenters. The Hall–Kier alpha value is -2.43.